The number of rotatable bonds is 12. The molecule has 1 aliphatic heterocycles. The van der Waals surface area contributed by atoms with E-state index in [-0.39, 0.29) is 19.8 Å². The summed E-state index contributed by atoms with van der Waals surface area (Å²) in [6.45, 7) is 9.63. The van der Waals surface area contributed by atoms with E-state index in [2.05, 4.69) is 32.8 Å². The van der Waals surface area contributed by atoms with E-state index in [1.54, 1.807) is 19.2 Å². The second kappa shape index (κ2) is 14.4. The lowest BCUT2D eigenvalue weighted by Crippen LogP contribution is -2.65. The highest BCUT2D eigenvalue weighted by molar-refractivity contribution is 9.10. The summed E-state index contributed by atoms with van der Waals surface area (Å²) in [4.78, 5) is 44.7. The Hall–Kier alpha value is -2.98. The van der Waals surface area contributed by atoms with Gasteiger partial charge in [0.25, 0.3) is 0 Å². The van der Waals surface area contributed by atoms with Gasteiger partial charge in [-0.1, -0.05) is 47.8 Å². The number of unbranched alkanes of at least 4 members (excludes halogenated alkanes) is 2. The van der Waals surface area contributed by atoms with E-state index in [1.807, 2.05) is 38.1 Å². The number of ether oxygens (including phenoxy) is 3. The lowest BCUT2D eigenvalue weighted by Gasteiger charge is -2.34. The second-order valence-electron chi connectivity index (χ2n) is 9.80. The van der Waals surface area contributed by atoms with Gasteiger partial charge in [0.05, 0.1) is 13.2 Å². The van der Waals surface area contributed by atoms with Crippen LogP contribution in [0.15, 0.2) is 47.6 Å². The Morgan fingerprint density at radius 1 is 1.23 bits per heavy atom. The number of nitrogens with one attached hydrogen (secondary N) is 1. The van der Waals surface area contributed by atoms with Gasteiger partial charge < -0.3 is 19.5 Å². The Balaban J connectivity index is 1.87. The highest BCUT2D eigenvalue weighted by atomic mass is 79.9. The topological polar surface area (TPSA) is 104 Å². The number of alkyl carbamates (subject to hydrolysis) is 1. The number of allylic oxidation sites excluding steroid dienone is 1. The highest BCUT2D eigenvalue weighted by Gasteiger charge is 2.60. The lowest BCUT2D eigenvalue weighted by atomic mass is 10.1. The van der Waals surface area contributed by atoms with Crippen LogP contribution < -0.4 is 10.1 Å². The Kier molecular flexibility index (Phi) is 11.3. The van der Waals surface area contributed by atoms with Crippen molar-refractivity contribution in [1.29, 1.82) is 0 Å². The molecule has 39 heavy (non-hydrogen) atoms. The first-order valence-electron chi connectivity index (χ1n) is 13.6. The van der Waals surface area contributed by atoms with Crippen LogP contribution in [-0.2, 0) is 14.3 Å². The van der Waals surface area contributed by atoms with Crippen molar-refractivity contribution in [2.24, 2.45) is 0 Å². The van der Waals surface area contributed by atoms with E-state index >= 15 is 0 Å². The van der Waals surface area contributed by atoms with E-state index in [0.717, 1.165) is 28.1 Å². The summed E-state index contributed by atoms with van der Waals surface area (Å²) in [5.74, 6) is 0.0169. The fourth-order valence-electron chi connectivity index (χ4n) is 5.00. The molecule has 1 saturated heterocycles. The van der Waals surface area contributed by atoms with Crippen LogP contribution in [0.1, 0.15) is 59.3 Å². The molecule has 1 aliphatic rings. The molecule has 2 aromatic rings. The molecule has 4 atom stereocenters. The molecule has 9 nitrogen and oxygen atoms in total. The highest BCUT2D eigenvalue weighted by Crippen LogP contribution is 2.35. The summed E-state index contributed by atoms with van der Waals surface area (Å²) < 4.78 is 17.4. The van der Waals surface area contributed by atoms with Gasteiger partial charge in [-0.2, -0.15) is 9.28 Å². The smallest absolute Gasteiger partial charge is 0.468 e. The monoisotopic (exact) mass is 604 g/mol. The fraction of sp³-hybridized carbons (Fsp3) is 0.517. The maximum atomic E-state index is 14.2. The first-order valence-corrected chi connectivity index (χ1v) is 14.4. The van der Waals surface area contributed by atoms with Crippen molar-refractivity contribution < 1.29 is 33.1 Å². The quantitative estimate of drug-likeness (QED) is 0.172. The molecule has 0 spiro atoms. The molecule has 0 radical (unpaired) electrons. The van der Waals surface area contributed by atoms with Crippen LogP contribution in [0, 0.1) is 0 Å². The number of nitrogens with zero attached hydrogens (tertiary/aromatic N) is 2. The van der Waals surface area contributed by atoms with Crippen molar-refractivity contribution in [2.75, 3.05) is 19.8 Å². The minimum atomic E-state index is -0.908. The van der Waals surface area contributed by atoms with Crippen LogP contribution in [0.5, 0.6) is 5.88 Å². The molecule has 1 N–H and O–H groups in total. The van der Waals surface area contributed by atoms with Crippen molar-refractivity contribution >= 4 is 44.8 Å². The van der Waals surface area contributed by atoms with Crippen LogP contribution in [0.25, 0.3) is 10.8 Å². The second-order valence-corrected chi connectivity index (χ2v) is 10.7. The van der Waals surface area contributed by atoms with E-state index in [4.69, 9.17) is 14.2 Å². The number of hydrogen-bond acceptors (Lipinski definition) is 7. The first-order chi connectivity index (χ1) is 18.8. The van der Waals surface area contributed by atoms with E-state index < -0.39 is 40.8 Å². The molecule has 3 unspecified atom stereocenters. The van der Waals surface area contributed by atoms with Gasteiger partial charge in [-0.3, -0.25) is 0 Å². The minimum absolute atomic E-state index is 0.0730. The standard InChI is InChI=1S/C29H38BrN3O6/c1-5-8-10-16-38-28(35)32-25(11-9-6-2)27(34)33(29(36)37-7-3)19-23(17-20(33)4)39-26-24-18-22(30)13-12-21(24)14-15-31-26/h5,12-15,18,20,23,25H,1,6-11,16-17,19H2,2-4H3/p+1/t20?,23-,25?,33?/m1/s1. The molecule has 1 aromatic carbocycles. The predicted molar refractivity (Wildman–Crippen MR) is 152 cm³/mol. The predicted octanol–water partition coefficient (Wildman–Crippen LogP) is 6.29. The minimum Gasteiger partial charge on any atom is -0.468 e. The van der Waals surface area contributed by atoms with Crippen LogP contribution in [0.2, 0.25) is 0 Å². The number of carbonyl (C=O) groups is 3. The summed E-state index contributed by atoms with van der Waals surface area (Å²) >= 11 is 3.50. The zero-order valence-corrected chi connectivity index (χ0v) is 24.6. The van der Waals surface area contributed by atoms with Crippen LogP contribution in [0.3, 0.4) is 0 Å². The third-order valence-electron chi connectivity index (χ3n) is 7.03. The number of halogens is 1. The molecule has 212 valence electrons. The van der Waals surface area contributed by atoms with Gasteiger partial charge in [-0.25, -0.2) is 14.6 Å². The van der Waals surface area contributed by atoms with E-state index in [1.165, 1.54) is 0 Å². The third kappa shape index (κ3) is 7.36. The SMILES string of the molecule is C=CCCCOC(=O)NC(CCCC)C(=O)[N+]1(C(=O)OCC)C[C@H](Oc2nccc3ccc(Br)cc23)CC1C. The number of fused-ring (bicyclic) bond motifs is 1. The number of quaternary nitrogens is 1. The zero-order chi connectivity index (χ0) is 28.4. The van der Waals surface area contributed by atoms with E-state index in [9.17, 15) is 14.4 Å². The van der Waals surface area contributed by atoms with Gasteiger partial charge in [0, 0.05) is 22.5 Å². The average molecular weight is 606 g/mol. The van der Waals surface area contributed by atoms with Gasteiger partial charge in [0.1, 0.15) is 18.6 Å². The van der Waals surface area contributed by atoms with Crippen molar-refractivity contribution in [3.8, 4) is 5.88 Å². The Morgan fingerprint density at radius 3 is 2.74 bits per heavy atom. The van der Waals surface area contributed by atoms with Crippen molar-refractivity contribution in [3.05, 3.63) is 47.6 Å². The maximum Gasteiger partial charge on any atom is 0.524 e. The summed E-state index contributed by atoms with van der Waals surface area (Å²) in [7, 11) is 0. The Labute approximate surface area is 238 Å². The van der Waals surface area contributed by atoms with Gasteiger partial charge in [0.2, 0.25) is 5.88 Å². The number of aromatic nitrogens is 1. The summed E-state index contributed by atoms with van der Waals surface area (Å²) in [5.41, 5.74) is 0. The number of imide groups is 1. The number of likely N-dealkylation sites (tertiary alicyclic amines) is 1. The van der Waals surface area contributed by atoms with Crippen LogP contribution in [-0.4, -0.2) is 65.5 Å². The zero-order valence-electron chi connectivity index (χ0n) is 23.0. The average Bonchev–Trinajstić information content (AvgIpc) is 3.25. The molecule has 1 fully saturated rings. The first kappa shape index (κ1) is 30.6. The molecule has 2 heterocycles. The lowest BCUT2D eigenvalue weighted by molar-refractivity contribution is -0.795. The van der Waals surface area contributed by atoms with Crippen molar-refractivity contribution in [1.82, 2.24) is 10.3 Å². The van der Waals surface area contributed by atoms with Gasteiger partial charge in [0.15, 0.2) is 6.10 Å². The summed E-state index contributed by atoms with van der Waals surface area (Å²) in [6.07, 6.45) is 5.33. The molecular formula is C29H39BrN3O6+. The number of carbonyl (C=O) groups excluding carboxylic acids is 3. The number of hydrogen-bond donors (Lipinski definition) is 1. The van der Waals surface area contributed by atoms with Crippen LogP contribution in [0.4, 0.5) is 9.59 Å². The molecule has 0 bridgehead atoms. The summed E-state index contributed by atoms with van der Waals surface area (Å²) in [5, 5.41) is 4.52. The number of amides is 3. The van der Waals surface area contributed by atoms with Gasteiger partial charge in [-0.05, 0) is 56.7 Å². The largest absolute Gasteiger partial charge is 0.524 e. The van der Waals surface area contributed by atoms with Crippen molar-refractivity contribution in [2.45, 2.75) is 77.5 Å². The molecule has 3 amide bonds. The van der Waals surface area contributed by atoms with Gasteiger partial charge >= 0.3 is 18.1 Å². The Morgan fingerprint density at radius 2 is 2.03 bits per heavy atom. The van der Waals surface area contributed by atoms with Gasteiger partial charge in [-0.15, -0.1) is 6.58 Å². The van der Waals surface area contributed by atoms with E-state index in [0.29, 0.717) is 31.6 Å². The normalized spacial score (nSPS) is 21.2. The summed E-state index contributed by atoms with van der Waals surface area (Å²) in [6, 6.07) is 6.40. The number of benzene rings is 1. The molecule has 10 heteroatoms. The van der Waals surface area contributed by atoms with Crippen LogP contribution >= 0.6 is 15.9 Å². The molecular weight excluding hydrogens is 566 g/mol. The maximum absolute atomic E-state index is 14.2. The molecule has 0 saturated carbocycles. The third-order valence-corrected chi connectivity index (χ3v) is 7.52. The molecule has 1 aromatic heterocycles. The Bertz CT molecular complexity index is 1170. The molecule has 3 rings (SSSR count). The van der Waals surface area contributed by atoms with Crippen molar-refractivity contribution in [3.63, 3.8) is 0 Å². The fourth-order valence-corrected chi connectivity index (χ4v) is 5.36. The number of pyridine rings is 1. The molecule has 0 aliphatic carbocycles.